The molecular weight excluding hydrogens is 336 g/mol. The third-order valence-corrected chi connectivity index (χ3v) is 3.38. The van der Waals surface area contributed by atoms with Gasteiger partial charge in [-0.05, 0) is 0 Å². The molecule has 0 amide bonds. The Bertz CT molecular complexity index is 308. The first-order valence-electron chi connectivity index (χ1n) is 7.04. The summed E-state index contributed by atoms with van der Waals surface area (Å²) in [6.07, 6.45) is -13.4. The van der Waals surface area contributed by atoms with Crippen LogP contribution in [0.3, 0.4) is 0 Å². The van der Waals surface area contributed by atoms with Crippen LogP contribution in [0.2, 0.25) is 0 Å². The molecule has 0 saturated carbocycles. The third-order valence-electron chi connectivity index (χ3n) is 3.38. The molecule has 1 heterocycles. The number of hydrogen-bond donors (Lipinski definition) is 11. The Hall–Kier alpha value is -0.480. The lowest BCUT2D eigenvalue weighted by atomic mass is 10.00. The van der Waals surface area contributed by atoms with E-state index >= 15 is 0 Å². The van der Waals surface area contributed by atoms with Crippen LogP contribution in [0.4, 0.5) is 0 Å². The summed E-state index contributed by atoms with van der Waals surface area (Å²) in [6.45, 7) is -1.98. The molecule has 0 aliphatic carbocycles. The zero-order valence-electron chi connectivity index (χ0n) is 12.6. The van der Waals surface area contributed by atoms with Gasteiger partial charge < -0.3 is 60.9 Å². The summed E-state index contributed by atoms with van der Waals surface area (Å²) in [5.74, 6) is 0. The summed E-state index contributed by atoms with van der Waals surface area (Å²) >= 11 is 0. The molecule has 5 unspecified atom stereocenters. The van der Waals surface area contributed by atoms with E-state index in [2.05, 4.69) is 4.74 Å². The van der Waals surface area contributed by atoms with Gasteiger partial charge in [0.1, 0.15) is 48.8 Å². The molecule has 0 aromatic heterocycles. The standard InChI is InChI=1S/C6H12O6.C6H14O6/c7-1-2-3(8)4(9)5(10)6(11)12-2;7-1-3(9)5(11)6(12)4(10)2-8/h2-11H,1H2;3-12H,1-2H2/t;3-,4+,5+,6-. The highest BCUT2D eigenvalue weighted by Gasteiger charge is 2.42. The number of ether oxygens (including phenoxy) is 1. The Kier molecular flexibility index (Phi) is 11.0. The molecule has 1 saturated heterocycles. The second-order valence-electron chi connectivity index (χ2n) is 5.20. The first-order chi connectivity index (χ1) is 11.1. The van der Waals surface area contributed by atoms with Gasteiger partial charge in [0.25, 0.3) is 0 Å². The van der Waals surface area contributed by atoms with E-state index in [0.29, 0.717) is 0 Å². The van der Waals surface area contributed by atoms with Crippen molar-refractivity contribution in [3.8, 4) is 0 Å². The number of aliphatic hydroxyl groups is 11. The first kappa shape index (κ1) is 23.5. The molecule has 11 N–H and O–H groups in total. The Morgan fingerprint density at radius 2 is 1.08 bits per heavy atom. The smallest absolute Gasteiger partial charge is 0.184 e. The van der Waals surface area contributed by atoms with Crippen LogP contribution in [0, 0.1) is 0 Å². The van der Waals surface area contributed by atoms with Gasteiger partial charge in [-0.3, -0.25) is 0 Å². The van der Waals surface area contributed by atoms with E-state index in [9.17, 15) is 0 Å². The Morgan fingerprint density at radius 3 is 1.42 bits per heavy atom. The lowest BCUT2D eigenvalue weighted by Crippen LogP contribution is -2.58. The fraction of sp³-hybridized carbons (Fsp3) is 1.00. The van der Waals surface area contributed by atoms with Crippen molar-refractivity contribution in [1.29, 1.82) is 0 Å². The van der Waals surface area contributed by atoms with Gasteiger partial charge in [-0.25, -0.2) is 0 Å². The van der Waals surface area contributed by atoms with Gasteiger partial charge >= 0.3 is 0 Å². The molecule has 12 nitrogen and oxygen atoms in total. The summed E-state index contributed by atoms with van der Waals surface area (Å²) in [7, 11) is 0. The van der Waals surface area contributed by atoms with Gasteiger partial charge in [0.15, 0.2) is 6.29 Å². The van der Waals surface area contributed by atoms with Crippen molar-refractivity contribution in [3.05, 3.63) is 0 Å². The zero-order chi connectivity index (χ0) is 19.0. The van der Waals surface area contributed by atoms with E-state index in [4.69, 9.17) is 56.2 Å². The Morgan fingerprint density at radius 1 is 0.667 bits per heavy atom. The molecule has 1 aliphatic heterocycles. The van der Waals surface area contributed by atoms with Crippen molar-refractivity contribution < 1.29 is 60.9 Å². The number of hydrogen-bond acceptors (Lipinski definition) is 12. The minimum atomic E-state index is -1.67. The molecule has 0 spiro atoms. The summed E-state index contributed by atoms with van der Waals surface area (Å²) in [6, 6.07) is 0. The van der Waals surface area contributed by atoms with Crippen LogP contribution >= 0.6 is 0 Å². The zero-order valence-corrected chi connectivity index (χ0v) is 12.6. The number of rotatable bonds is 6. The Labute approximate surface area is 137 Å². The second kappa shape index (κ2) is 11.2. The van der Waals surface area contributed by atoms with E-state index in [-0.39, 0.29) is 0 Å². The predicted molar refractivity (Wildman–Crippen MR) is 74.2 cm³/mol. The van der Waals surface area contributed by atoms with Gasteiger partial charge in [-0.15, -0.1) is 0 Å². The maximum atomic E-state index is 9.12. The molecule has 12 heteroatoms. The normalized spacial score (nSPS) is 35.4. The van der Waals surface area contributed by atoms with Crippen LogP contribution in [0.1, 0.15) is 0 Å². The van der Waals surface area contributed by atoms with Crippen LogP contribution < -0.4 is 0 Å². The first-order valence-corrected chi connectivity index (χ1v) is 7.04. The summed E-state index contributed by atoms with van der Waals surface area (Å²) in [5, 5.41) is 96.8. The van der Waals surface area contributed by atoms with E-state index < -0.39 is 74.9 Å². The van der Waals surface area contributed by atoms with Gasteiger partial charge in [-0.1, -0.05) is 0 Å². The lowest BCUT2D eigenvalue weighted by molar-refractivity contribution is -0.286. The molecule has 1 rings (SSSR count). The molecule has 24 heavy (non-hydrogen) atoms. The lowest BCUT2D eigenvalue weighted by Gasteiger charge is -2.37. The van der Waals surface area contributed by atoms with Gasteiger partial charge in [-0.2, -0.15) is 0 Å². The highest BCUT2D eigenvalue weighted by atomic mass is 16.6. The van der Waals surface area contributed by atoms with Crippen LogP contribution in [0.15, 0.2) is 0 Å². The summed E-state index contributed by atoms with van der Waals surface area (Å²) < 4.78 is 4.58. The van der Waals surface area contributed by atoms with Crippen molar-refractivity contribution in [2.75, 3.05) is 19.8 Å². The van der Waals surface area contributed by atoms with E-state index in [1.807, 2.05) is 0 Å². The maximum Gasteiger partial charge on any atom is 0.184 e. The van der Waals surface area contributed by atoms with Gasteiger partial charge in [0, 0.05) is 0 Å². The van der Waals surface area contributed by atoms with E-state index in [1.165, 1.54) is 0 Å². The van der Waals surface area contributed by atoms with Crippen LogP contribution in [0.5, 0.6) is 0 Å². The molecule has 9 atom stereocenters. The highest BCUT2D eigenvalue weighted by molar-refractivity contribution is 4.88. The van der Waals surface area contributed by atoms with Gasteiger partial charge in [0.05, 0.1) is 19.8 Å². The maximum absolute atomic E-state index is 9.12. The van der Waals surface area contributed by atoms with Crippen molar-refractivity contribution in [1.82, 2.24) is 0 Å². The molecular formula is C12H26O12. The molecule has 1 aliphatic rings. The summed E-state index contributed by atoms with van der Waals surface area (Å²) in [5.41, 5.74) is 0. The Balaban J connectivity index is 0.000000441. The molecule has 1 fully saturated rings. The fourth-order valence-electron chi connectivity index (χ4n) is 1.75. The summed E-state index contributed by atoms with van der Waals surface area (Å²) in [4.78, 5) is 0. The van der Waals surface area contributed by atoms with Crippen LogP contribution in [0.25, 0.3) is 0 Å². The molecule has 146 valence electrons. The minimum absolute atomic E-state index is 0.526. The highest BCUT2D eigenvalue weighted by Crippen LogP contribution is 2.19. The average molecular weight is 362 g/mol. The van der Waals surface area contributed by atoms with Crippen molar-refractivity contribution >= 4 is 0 Å². The van der Waals surface area contributed by atoms with Crippen LogP contribution in [-0.4, -0.2) is 131 Å². The monoisotopic (exact) mass is 362 g/mol. The van der Waals surface area contributed by atoms with E-state index in [1.54, 1.807) is 0 Å². The topological polar surface area (TPSA) is 232 Å². The van der Waals surface area contributed by atoms with Crippen molar-refractivity contribution in [2.24, 2.45) is 0 Å². The second-order valence-corrected chi connectivity index (χ2v) is 5.20. The number of aliphatic hydroxyl groups excluding tert-OH is 11. The van der Waals surface area contributed by atoms with E-state index in [0.717, 1.165) is 0 Å². The van der Waals surface area contributed by atoms with Crippen molar-refractivity contribution in [2.45, 2.75) is 55.1 Å². The van der Waals surface area contributed by atoms with Crippen molar-refractivity contribution in [3.63, 3.8) is 0 Å². The quantitative estimate of drug-likeness (QED) is 0.212. The molecule has 0 bridgehead atoms. The molecule has 0 aromatic carbocycles. The SMILES string of the molecule is OCC1OC(O)C(O)C(O)C1O.OC[C@@H](O)[C@H](O)[C@H](O)[C@@H](O)CO. The minimum Gasteiger partial charge on any atom is -0.394 e. The molecule has 0 radical (unpaired) electrons. The third kappa shape index (κ3) is 6.44. The largest absolute Gasteiger partial charge is 0.394 e. The van der Waals surface area contributed by atoms with Gasteiger partial charge in [0.2, 0.25) is 0 Å². The fourth-order valence-corrected chi connectivity index (χ4v) is 1.75. The predicted octanol–water partition coefficient (Wildman–Crippen LogP) is -6.81. The average Bonchev–Trinajstić information content (AvgIpc) is 2.60. The van der Waals surface area contributed by atoms with Crippen LogP contribution in [-0.2, 0) is 4.74 Å². The molecule has 0 aromatic rings.